The van der Waals surface area contributed by atoms with E-state index in [1.54, 1.807) is 25.4 Å². The highest BCUT2D eigenvalue weighted by molar-refractivity contribution is 7.13. The molecular weight excluding hydrogens is 278 g/mol. The molecule has 0 aliphatic carbocycles. The molecule has 0 spiro atoms. The van der Waals surface area contributed by atoms with Gasteiger partial charge in [0, 0.05) is 11.8 Å². The van der Waals surface area contributed by atoms with E-state index in [1.807, 2.05) is 6.92 Å². The zero-order chi connectivity index (χ0) is 14.8. The molecule has 0 saturated heterocycles. The van der Waals surface area contributed by atoms with Gasteiger partial charge in [-0.1, -0.05) is 6.92 Å². The lowest BCUT2D eigenvalue weighted by molar-refractivity contribution is -0.142. The fourth-order valence-electron chi connectivity index (χ4n) is 1.50. The molecule has 0 radical (unpaired) electrons. The Bertz CT molecular complexity index is 604. The van der Waals surface area contributed by atoms with E-state index in [9.17, 15) is 4.79 Å². The Labute approximate surface area is 120 Å². The molecule has 0 aromatic carbocycles. The van der Waals surface area contributed by atoms with Crippen molar-refractivity contribution < 1.29 is 14.3 Å². The van der Waals surface area contributed by atoms with Crippen molar-refractivity contribution in [3.63, 3.8) is 0 Å². The largest absolute Gasteiger partial charge is 0.481 e. The van der Waals surface area contributed by atoms with Crippen LogP contribution in [-0.2, 0) is 23.2 Å². The number of thiazole rings is 1. The third-order valence-corrected chi connectivity index (χ3v) is 3.82. The maximum Gasteiger partial charge on any atom is 0.315 e. The van der Waals surface area contributed by atoms with Crippen LogP contribution in [0.15, 0.2) is 16.0 Å². The average Bonchev–Trinajstić information content (AvgIpc) is 3.05. The number of oxazole rings is 1. The molecule has 0 fully saturated rings. The van der Waals surface area contributed by atoms with E-state index in [-0.39, 0.29) is 0 Å². The van der Waals surface area contributed by atoms with Crippen LogP contribution in [0, 0.1) is 0 Å². The number of hydrogen-bond acceptors (Lipinski definition) is 6. The van der Waals surface area contributed by atoms with Gasteiger partial charge in [-0.2, -0.15) is 0 Å². The van der Waals surface area contributed by atoms with Crippen LogP contribution in [0.4, 0.5) is 5.13 Å². The molecule has 2 N–H and O–H groups in total. The first kappa shape index (κ1) is 14.5. The van der Waals surface area contributed by atoms with Gasteiger partial charge in [0.25, 0.3) is 0 Å². The summed E-state index contributed by atoms with van der Waals surface area (Å²) in [7, 11) is 0. The Morgan fingerprint density at radius 3 is 2.90 bits per heavy atom. The van der Waals surface area contributed by atoms with Crippen LogP contribution in [0.3, 0.4) is 0 Å². The van der Waals surface area contributed by atoms with Crippen molar-refractivity contribution in [2.45, 2.75) is 39.2 Å². The summed E-state index contributed by atoms with van der Waals surface area (Å²) in [6.07, 6.45) is 2.51. The predicted molar refractivity (Wildman–Crippen MR) is 76.0 cm³/mol. The highest BCUT2D eigenvalue weighted by Crippen LogP contribution is 2.27. The fraction of sp³-hybridized carbons (Fsp3) is 0.462. The quantitative estimate of drug-likeness (QED) is 0.851. The van der Waals surface area contributed by atoms with Gasteiger partial charge in [-0.05, 0) is 13.8 Å². The standard InChI is InChI=1S/C13H17N3O3S/c1-4-8-5-14-10(19-8)6-15-12-16-9(7-20-12)13(2,3)11(17)18/h5,7H,4,6H2,1-3H3,(H,15,16)(H,17,18). The van der Waals surface area contributed by atoms with E-state index >= 15 is 0 Å². The van der Waals surface area contributed by atoms with E-state index in [0.717, 1.165) is 12.2 Å². The molecule has 2 aromatic rings. The summed E-state index contributed by atoms with van der Waals surface area (Å²) in [5, 5.41) is 14.7. The van der Waals surface area contributed by atoms with Gasteiger partial charge in [-0.15, -0.1) is 11.3 Å². The van der Waals surface area contributed by atoms with E-state index in [4.69, 9.17) is 9.52 Å². The summed E-state index contributed by atoms with van der Waals surface area (Å²) in [6, 6.07) is 0. The van der Waals surface area contributed by atoms with Gasteiger partial charge in [0.05, 0.1) is 18.4 Å². The summed E-state index contributed by atoms with van der Waals surface area (Å²) in [5.41, 5.74) is -0.450. The molecule has 0 atom stereocenters. The van der Waals surface area contributed by atoms with Gasteiger partial charge >= 0.3 is 5.97 Å². The van der Waals surface area contributed by atoms with Crippen LogP contribution in [0.25, 0.3) is 0 Å². The number of nitrogens with zero attached hydrogens (tertiary/aromatic N) is 2. The number of carboxylic acid groups (broad SMARTS) is 1. The highest BCUT2D eigenvalue weighted by Gasteiger charge is 2.32. The first-order chi connectivity index (χ1) is 9.43. The molecule has 7 heteroatoms. The van der Waals surface area contributed by atoms with E-state index in [0.29, 0.717) is 23.3 Å². The van der Waals surface area contributed by atoms with Gasteiger partial charge in [-0.3, -0.25) is 4.79 Å². The number of anilines is 1. The molecule has 0 amide bonds. The monoisotopic (exact) mass is 295 g/mol. The van der Waals surface area contributed by atoms with Gasteiger partial charge in [0.2, 0.25) is 5.89 Å². The van der Waals surface area contributed by atoms with Crippen LogP contribution in [-0.4, -0.2) is 21.0 Å². The van der Waals surface area contributed by atoms with Crippen molar-refractivity contribution in [2.75, 3.05) is 5.32 Å². The fourth-order valence-corrected chi connectivity index (χ4v) is 2.37. The molecule has 0 aliphatic rings. The lowest BCUT2D eigenvalue weighted by atomic mass is 9.90. The summed E-state index contributed by atoms with van der Waals surface area (Å²) >= 11 is 1.37. The second-order valence-electron chi connectivity index (χ2n) is 4.90. The molecule has 20 heavy (non-hydrogen) atoms. The lowest BCUT2D eigenvalue weighted by Gasteiger charge is -2.15. The number of carbonyl (C=O) groups is 1. The number of carboxylic acids is 1. The van der Waals surface area contributed by atoms with Crippen molar-refractivity contribution >= 4 is 22.4 Å². The number of hydrogen-bond donors (Lipinski definition) is 2. The molecule has 0 unspecified atom stereocenters. The van der Waals surface area contributed by atoms with Crippen molar-refractivity contribution in [3.05, 3.63) is 28.9 Å². The predicted octanol–water partition coefficient (Wildman–Crippen LogP) is 2.67. The molecule has 108 valence electrons. The minimum absolute atomic E-state index is 0.431. The maximum atomic E-state index is 11.2. The maximum absolute atomic E-state index is 11.2. The molecule has 6 nitrogen and oxygen atoms in total. The van der Waals surface area contributed by atoms with Crippen molar-refractivity contribution in [1.82, 2.24) is 9.97 Å². The highest BCUT2D eigenvalue weighted by atomic mass is 32.1. The van der Waals surface area contributed by atoms with Crippen LogP contribution in [0.5, 0.6) is 0 Å². The van der Waals surface area contributed by atoms with Gasteiger partial charge in [0.15, 0.2) is 5.13 Å². The summed E-state index contributed by atoms with van der Waals surface area (Å²) in [5.74, 6) is 0.541. The average molecular weight is 295 g/mol. The molecule has 2 heterocycles. The number of aryl methyl sites for hydroxylation is 1. The SMILES string of the molecule is CCc1cnc(CNc2nc(C(C)(C)C(=O)O)cs2)o1. The zero-order valence-corrected chi connectivity index (χ0v) is 12.5. The first-order valence-corrected chi connectivity index (χ1v) is 7.18. The van der Waals surface area contributed by atoms with Crippen LogP contribution in [0.1, 0.15) is 38.1 Å². The molecule has 0 saturated carbocycles. The van der Waals surface area contributed by atoms with Crippen molar-refractivity contribution in [3.8, 4) is 0 Å². The van der Waals surface area contributed by atoms with Gasteiger partial charge in [0.1, 0.15) is 11.2 Å². The summed E-state index contributed by atoms with van der Waals surface area (Å²) < 4.78 is 5.48. The van der Waals surface area contributed by atoms with Crippen molar-refractivity contribution in [2.24, 2.45) is 0 Å². The normalized spacial score (nSPS) is 11.6. The van der Waals surface area contributed by atoms with Crippen LogP contribution in [0.2, 0.25) is 0 Å². The Kier molecular flexibility index (Phi) is 4.08. The van der Waals surface area contributed by atoms with Crippen LogP contribution < -0.4 is 5.32 Å². The number of aromatic nitrogens is 2. The van der Waals surface area contributed by atoms with Crippen molar-refractivity contribution in [1.29, 1.82) is 0 Å². The molecule has 0 aliphatic heterocycles. The van der Waals surface area contributed by atoms with Gasteiger partial charge < -0.3 is 14.8 Å². The molecule has 2 aromatic heterocycles. The van der Waals surface area contributed by atoms with Gasteiger partial charge in [-0.25, -0.2) is 9.97 Å². The van der Waals surface area contributed by atoms with E-state index in [2.05, 4.69) is 15.3 Å². The topological polar surface area (TPSA) is 88.2 Å². The Morgan fingerprint density at radius 2 is 2.30 bits per heavy atom. The molecular formula is C13H17N3O3S. The summed E-state index contributed by atoms with van der Waals surface area (Å²) in [6.45, 7) is 5.70. The third kappa shape index (κ3) is 2.98. The number of nitrogens with one attached hydrogen (secondary N) is 1. The first-order valence-electron chi connectivity index (χ1n) is 6.30. The molecule has 0 bridgehead atoms. The molecule has 2 rings (SSSR count). The third-order valence-electron chi connectivity index (χ3n) is 3.02. The summed E-state index contributed by atoms with van der Waals surface area (Å²) in [4.78, 5) is 19.6. The minimum Gasteiger partial charge on any atom is -0.481 e. The zero-order valence-electron chi connectivity index (χ0n) is 11.6. The second kappa shape index (κ2) is 5.62. The second-order valence-corrected chi connectivity index (χ2v) is 5.75. The smallest absolute Gasteiger partial charge is 0.315 e. The Morgan fingerprint density at radius 1 is 1.55 bits per heavy atom. The Balaban J connectivity index is 2.01. The Hall–Kier alpha value is -1.89. The lowest BCUT2D eigenvalue weighted by Crippen LogP contribution is -2.28. The number of rotatable bonds is 6. The minimum atomic E-state index is -0.991. The number of aliphatic carboxylic acids is 1. The van der Waals surface area contributed by atoms with E-state index in [1.165, 1.54) is 11.3 Å². The van der Waals surface area contributed by atoms with Crippen LogP contribution >= 0.6 is 11.3 Å². The van der Waals surface area contributed by atoms with E-state index < -0.39 is 11.4 Å².